The molecule has 3 N–H and O–H groups in total. The molecule has 0 radical (unpaired) electrons. The summed E-state index contributed by atoms with van der Waals surface area (Å²) in [6.45, 7) is 0.215. The van der Waals surface area contributed by atoms with Gasteiger partial charge in [-0.25, -0.2) is 0 Å². The minimum Gasteiger partial charge on any atom is -0.496 e. The number of hydrogen-bond acceptors (Lipinski definition) is 4. The number of piperidine rings is 1. The van der Waals surface area contributed by atoms with Crippen molar-refractivity contribution in [3.63, 3.8) is 0 Å². The zero-order valence-corrected chi connectivity index (χ0v) is 17.7. The van der Waals surface area contributed by atoms with E-state index in [4.69, 9.17) is 4.74 Å². The Morgan fingerprint density at radius 2 is 1.94 bits per heavy atom. The number of alkyl halides is 3. The Kier molecular flexibility index (Phi) is 6.44. The Morgan fingerprint density at radius 3 is 2.59 bits per heavy atom. The molecule has 2 fully saturated rings. The molecule has 8 heteroatoms. The smallest absolute Gasteiger partial charge is 0.416 e. The largest absolute Gasteiger partial charge is 0.496 e. The summed E-state index contributed by atoms with van der Waals surface area (Å²) in [5.41, 5.74) is 0.760. The van der Waals surface area contributed by atoms with Gasteiger partial charge in [-0.15, -0.1) is 0 Å². The lowest BCUT2D eigenvalue weighted by Crippen LogP contribution is -2.60. The zero-order chi connectivity index (χ0) is 22.9. The van der Waals surface area contributed by atoms with Gasteiger partial charge in [0.15, 0.2) is 0 Å². The van der Waals surface area contributed by atoms with Crippen molar-refractivity contribution < 1.29 is 27.8 Å². The quantitative estimate of drug-likeness (QED) is 0.612. The monoisotopic (exact) mass is 448 g/mol. The molecule has 5 atom stereocenters. The van der Waals surface area contributed by atoms with E-state index in [2.05, 4.69) is 10.6 Å². The number of carboxylic acid groups (broad SMARTS) is 1. The van der Waals surface area contributed by atoms with E-state index in [-0.39, 0.29) is 30.6 Å². The average molecular weight is 448 g/mol. The van der Waals surface area contributed by atoms with Gasteiger partial charge in [0.2, 0.25) is 0 Å². The number of benzene rings is 2. The molecule has 2 aromatic carbocycles. The fourth-order valence-electron chi connectivity index (χ4n) is 5.18. The fraction of sp³-hybridized carbons (Fsp3) is 0.458. The average Bonchev–Trinajstić information content (AvgIpc) is 2.78. The predicted octanol–water partition coefficient (Wildman–Crippen LogP) is 4.39. The fourth-order valence-corrected chi connectivity index (χ4v) is 5.18. The van der Waals surface area contributed by atoms with E-state index in [0.29, 0.717) is 17.7 Å². The van der Waals surface area contributed by atoms with E-state index in [9.17, 15) is 23.1 Å². The summed E-state index contributed by atoms with van der Waals surface area (Å²) in [5.74, 6) is -0.591. The summed E-state index contributed by atoms with van der Waals surface area (Å²) in [7, 11) is 1.44. The first-order valence-electron chi connectivity index (χ1n) is 10.8. The van der Waals surface area contributed by atoms with Gasteiger partial charge < -0.3 is 20.5 Å². The molecule has 5 nitrogen and oxygen atoms in total. The van der Waals surface area contributed by atoms with Crippen molar-refractivity contribution in [1.29, 1.82) is 0 Å². The third-order valence-electron chi connectivity index (χ3n) is 6.76. The summed E-state index contributed by atoms with van der Waals surface area (Å²) in [4.78, 5) is 11.7. The number of nitrogens with one attached hydrogen (secondary N) is 2. The van der Waals surface area contributed by atoms with E-state index in [0.717, 1.165) is 30.5 Å². The number of methoxy groups -OCH3 is 1. The Labute approximate surface area is 185 Å². The molecule has 1 aliphatic carbocycles. The number of aliphatic carboxylic acids is 1. The summed E-state index contributed by atoms with van der Waals surface area (Å²) in [6, 6.07) is 13.0. The van der Waals surface area contributed by atoms with E-state index < -0.39 is 23.6 Å². The van der Waals surface area contributed by atoms with Crippen molar-refractivity contribution in [2.24, 2.45) is 11.8 Å². The van der Waals surface area contributed by atoms with Crippen molar-refractivity contribution in [3.05, 3.63) is 65.2 Å². The molecule has 172 valence electrons. The maximum atomic E-state index is 13.2. The van der Waals surface area contributed by atoms with Crippen LogP contribution < -0.4 is 15.4 Å². The third kappa shape index (κ3) is 4.61. The lowest BCUT2D eigenvalue weighted by atomic mass is 9.69. The number of carboxylic acids is 1. The second-order valence-corrected chi connectivity index (χ2v) is 8.61. The maximum Gasteiger partial charge on any atom is 0.416 e. The van der Waals surface area contributed by atoms with E-state index in [1.54, 1.807) is 0 Å². The van der Waals surface area contributed by atoms with Crippen LogP contribution in [0.15, 0.2) is 48.5 Å². The third-order valence-corrected chi connectivity index (χ3v) is 6.76. The number of fused-ring (bicyclic) bond motifs is 2. The van der Waals surface area contributed by atoms with Crippen LogP contribution >= 0.6 is 0 Å². The van der Waals surface area contributed by atoms with E-state index in [1.165, 1.54) is 13.2 Å². The molecule has 1 aliphatic heterocycles. The molecule has 0 aromatic heterocycles. The second kappa shape index (κ2) is 9.11. The van der Waals surface area contributed by atoms with Crippen LogP contribution in [-0.4, -0.2) is 30.3 Å². The molecule has 0 amide bonds. The number of ether oxygens (including phenoxy) is 1. The van der Waals surface area contributed by atoms with Gasteiger partial charge in [0.05, 0.1) is 18.6 Å². The highest BCUT2D eigenvalue weighted by molar-refractivity contribution is 5.71. The van der Waals surface area contributed by atoms with Gasteiger partial charge in [-0.3, -0.25) is 4.79 Å². The molecule has 2 bridgehead atoms. The second-order valence-electron chi connectivity index (χ2n) is 8.61. The van der Waals surface area contributed by atoms with Crippen LogP contribution in [0.1, 0.15) is 42.0 Å². The van der Waals surface area contributed by atoms with Crippen LogP contribution in [0.4, 0.5) is 13.2 Å². The molecular formula is C24H27F3N2O3. The number of carbonyl (C=O) groups is 1. The van der Waals surface area contributed by atoms with Gasteiger partial charge in [-0.2, -0.15) is 13.2 Å². The first kappa shape index (κ1) is 22.6. The van der Waals surface area contributed by atoms with Crippen LogP contribution in [0, 0.1) is 11.8 Å². The van der Waals surface area contributed by atoms with Gasteiger partial charge >= 0.3 is 12.1 Å². The van der Waals surface area contributed by atoms with Crippen LogP contribution in [0.5, 0.6) is 5.75 Å². The predicted molar refractivity (Wildman–Crippen MR) is 113 cm³/mol. The number of halogens is 3. The molecule has 4 rings (SSSR count). The molecule has 0 spiro atoms. The van der Waals surface area contributed by atoms with Crippen molar-refractivity contribution in [3.8, 4) is 5.75 Å². The van der Waals surface area contributed by atoms with Crippen molar-refractivity contribution in [2.75, 3.05) is 7.11 Å². The van der Waals surface area contributed by atoms with Crippen LogP contribution in [0.25, 0.3) is 0 Å². The maximum absolute atomic E-state index is 13.2. The number of hydrogen-bond donors (Lipinski definition) is 3. The molecule has 1 heterocycles. The topological polar surface area (TPSA) is 70.6 Å². The van der Waals surface area contributed by atoms with Gasteiger partial charge in [0.25, 0.3) is 0 Å². The molecular weight excluding hydrogens is 421 g/mol. The van der Waals surface area contributed by atoms with Gasteiger partial charge in [0.1, 0.15) is 5.75 Å². The van der Waals surface area contributed by atoms with Crippen molar-refractivity contribution in [1.82, 2.24) is 10.6 Å². The van der Waals surface area contributed by atoms with Crippen molar-refractivity contribution in [2.45, 2.75) is 50.1 Å². The Bertz CT molecular complexity index is 951. The Morgan fingerprint density at radius 1 is 1.19 bits per heavy atom. The lowest BCUT2D eigenvalue weighted by molar-refractivity contribution is -0.145. The first-order chi connectivity index (χ1) is 15.3. The zero-order valence-electron chi connectivity index (χ0n) is 17.7. The minimum atomic E-state index is -4.43. The van der Waals surface area contributed by atoms with E-state index in [1.807, 2.05) is 30.3 Å². The lowest BCUT2D eigenvalue weighted by Gasteiger charge is -2.49. The molecule has 32 heavy (non-hydrogen) atoms. The van der Waals surface area contributed by atoms with Gasteiger partial charge in [-0.05, 0) is 48.9 Å². The van der Waals surface area contributed by atoms with Crippen LogP contribution in [0.3, 0.4) is 0 Å². The Balaban J connectivity index is 1.60. The standard InChI is InChI=1S/C24H27F3N2O3/c1-32-20-10-8-17(24(25,26)27)11-16(20)13-28-21-15-7-9-18(23(30)31)19(12-15)29-22(21)14-5-3-2-4-6-14/h2-6,8,10-11,15,18-19,21-22,28-29H,7,9,12-13H2,1H3,(H,30,31). The van der Waals surface area contributed by atoms with Gasteiger partial charge in [0, 0.05) is 30.2 Å². The highest BCUT2D eigenvalue weighted by atomic mass is 19.4. The molecule has 1 saturated carbocycles. The molecule has 1 saturated heterocycles. The van der Waals surface area contributed by atoms with Crippen LogP contribution in [-0.2, 0) is 17.5 Å². The van der Waals surface area contributed by atoms with Crippen molar-refractivity contribution >= 4 is 5.97 Å². The number of rotatable bonds is 6. The first-order valence-corrected chi connectivity index (χ1v) is 10.8. The SMILES string of the molecule is COc1ccc(C(F)(F)F)cc1CNC1C2CCC(C(=O)O)C(C2)NC1c1ccccc1. The van der Waals surface area contributed by atoms with Crippen LogP contribution in [0.2, 0.25) is 0 Å². The van der Waals surface area contributed by atoms with E-state index >= 15 is 0 Å². The molecule has 5 unspecified atom stereocenters. The minimum absolute atomic E-state index is 0.0531. The molecule has 2 aromatic rings. The highest BCUT2D eigenvalue weighted by Crippen LogP contribution is 2.41. The summed E-state index contributed by atoms with van der Waals surface area (Å²) in [5, 5.41) is 16.6. The summed E-state index contributed by atoms with van der Waals surface area (Å²) in [6.07, 6.45) is -2.36. The Hall–Kier alpha value is -2.58. The highest BCUT2D eigenvalue weighted by Gasteiger charge is 2.45. The summed E-state index contributed by atoms with van der Waals surface area (Å²) < 4.78 is 45.0. The molecule has 2 aliphatic rings. The van der Waals surface area contributed by atoms with Gasteiger partial charge in [-0.1, -0.05) is 30.3 Å². The summed E-state index contributed by atoms with van der Waals surface area (Å²) >= 11 is 0. The normalized spacial score (nSPS) is 27.7.